The summed E-state index contributed by atoms with van der Waals surface area (Å²) in [6.45, 7) is 13.2. The minimum absolute atomic E-state index is 0.831. The number of hydrogen-bond donors (Lipinski definition) is 0. The molecule has 0 saturated carbocycles. The van der Waals surface area contributed by atoms with Crippen LogP contribution in [0.5, 0.6) is 0 Å². The highest BCUT2D eigenvalue weighted by molar-refractivity contribution is 6.16. The van der Waals surface area contributed by atoms with Gasteiger partial charge in [-0.2, -0.15) is 0 Å². The van der Waals surface area contributed by atoms with Crippen LogP contribution in [-0.4, -0.2) is 16.4 Å². The Morgan fingerprint density at radius 1 is 0.477 bits per heavy atom. The van der Waals surface area contributed by atoms with E-state index >= 15 is 0 Å². The van der Waals surface area contributed by atoms with Crippen molar-refractivity contribution in [2.24, 2.45) is 9.98 Å². The lowest BCUT2D eigenvalue weighted by atomic mass is 9.98. The summed E-state index contributed by atoms with van der Waals surface area (Å²) in [6.07, 6.45) is 3.68. The van der Waals surface area contributed by atoms with Crippen molar-refractivity contribution in [2.45, 2.75) is 67.2 Å². The van der Waals surface area contributed by atoms with Crippen molar-refractivity contribution in [1.82, 2.24) is 4.98 Å². The third-order valence-corrected chi connectivity index (χ3v) is 8.12. The molecule has 0 unspecified atom stereocenters. The highest BCUT2D eigenvalue weighted by atomic mass is 14.9. The van der Waals surface area contributed by atoms with Gasteiger partial charge in [-0.15, -0.1) is 0 Å². The van der Waals surface area contributed by atoms with Gasteiger partial charge in [0.15, 0.2) is 0 Å². The van der Waals surface area contributed by atoms with E-state index in [1.165, 1.54) is 33.4 Å². The molecule has 1 aromatic heterocycles. The molecule has 0 fully saturated rings. The summed E-state index contributed by atoms with van der Waals surface area (Å²) >= 11 is 0. The molecule has 0 atom stereocenters. The van der Waals surface area contributed by atoms with Gasteiger partial charge in [0.05, 0.1) is 34.2 Å². The third-order valence-electron chi connectivity index (χ3n) is 8.12. The van der Waals surface area contributed by atoms with Gasteiger partial charge in [-0.05, 0) is 73.9 Å². The second-order valence-corrected chi connectivity index (χ2v) is 11.3. The fourth-order valence-corrected chi connectivity index (χ4v) is 5.89. The lowest BCUT2D eigenvalue weighted by Crippen LogP contribution is -2.12. The number of aliphatic imine (C=N–C) groups is 2. The molecule has 1 heterocycles. The van der Waals surface area contributed by atoms with Crippen LogP contribution in [0.2, 0.25) is 0 Å². The average Bonchev–Trinajstić information content (AvgIpc) is 3.07. The van der Waals surface area contributed by atoms with E-state index in [-0.39, 0.29) is 0 Å². The van der Waals surface area contributed by atoms with E-state index in [0.29, 0.717) is 0 Å². The van der Waals surface area contributed by atoms with Crippen LogP contribution in [-0.2, 0) is 25.7 Å². The Morgan fingerprint density at radius 2 is 0.818 bits per heavy atom. The average molecular weight is 578 g/mol. The van der Waals surface area contributed by atoms with Crippen molar-refractivity contribution in [3.63, 3.8) is 0 Å². The van der Waals surface area contributed by atoms with Crippen molar-refractivity contribution in [1.29, 1.82) is 0 Å². The van der Waals surface area contributed by atoms with E-state index in [9.17, 15) is 0 Å². The molecule has 0 spiro atoms. The van der Waals surface area contributed by atoms with E-state index in [1.807, 2.05) is 12.1 Å². The number of benzene rings is 4. The van der Waals surface area contributed by atoms with Gasteiger partial charge in [0.2, 0.25) is 0 Å². The number of hydrogen-bond acceptors (Lipinski definition) is 3. The number of aryl methyl sites for hydroxylation is 6. The third kappa shape index (κ3) is 6.78. The Morgan fingerprint density at radius 3 is 1.14 bits per heavy atom. The number of nitrogens with zero attached hydrogens (tertiary/aromatic N) is 3. The zero-order valence-electron chi connectivity index (χ0n) is 27.0. The number of pyridine rings is 1. The summed E-state index contributed by atoms with van der Waals surface area (Å²) in [5.74, 6) is 0. The molecule has 0 bridgehead atoms. The number of aromatic nitrogens is 1. The van der Waals surface area contributed by atoms with Crippen LogP contribution in [0, 0.1) is 13.8 Å². The Hall–Kier alpha value is -4.63. The summed E-state index contributed by atoms with van der Waals surface area (Å²) in [4.78, 5) is 16.1. The predicted molar refractivity (Wildman–Crippen MR) is 188 cm³/mol. The van der Waals surface area contributed by atoms with Crippen molar-refractivity contribution >= 4 is 22.8 Å². The van der Waals surface area contributed by atoms with Gasteiger partial charge in [-0.1, -0.05) is 130 Å². The maximum atomic E-state index is 5.42. The molecule has 44 heavy (non-hydrogen) atoms. The van der Waals surface area contributed by atoms with Crippen LogP contribution in [0.4, 0.5) is 11.4 Å². The van der Waals surface area contributed by atoms with Crippen molar-refractivity contribution < 1.29 is 0 Å². The molecule has 0 radical (unpaired) electrons. The van der Waals surface area contributed by atoms with E-state index < -0.39 is 0 Å². The first kappa shape index (κ1) is 30.8. The van der Waals surface area contributed by atoms with Gasteiger partial charge in [0, 0.05) is 11.1 Å². The molecule has 0 amide bonds. The molecule has 3 heteroatoms. The van der Waals surface area contributed by atoms with Gasteiger partial charge in [0.1, 0.15) is 0 Å². The number of rotatable bonds is 10. The molecular weight excluding hydrogens is 534 g/mol. The second-order valence-electron chi connectivity index (χ2n) is 11.3. The molecule has 3 nitrogen and oxygen atoms in total. The van der Waals surface area contributed by atoms with E-state index in [2.05, 4.69) is 133 Å². The minimum atomic E-state index is 0.831. The van der Waals surface area contributed by atoms with Crippen LogP contribution in [0.3, 0.4) is 0 Å². The summed E-state index contributed by atoms with van der Waals surface area (Å²) < 4.78 is 0. The van der Waals surface area contributed by atoms with Gasteiger partial charge in [-0.3, -0.25) is 0 Å². The first-order valence-electron chi connectivity index (χ1n) is 16.0. The smallest absolute Gasteiger partial charge is 0.0966 e. The topological polar surface area (TPSA) is 37.6 Å². The van der Waals surface area contributed by atoms with Crippen LogP contribution in [0.1, 0.15) is 83.6 Å². The fraction of sp³-hybridized carbons (Fsp3) is 0.244. The van der Waals surface area contributed by atoms with Gasteiger partial charge in [0.25, 0.3) is 0 Å². The fourth-order valence-electron chi connectivity index (χ4n) is 5.89. The maximum Gasteiger partial charge on any atom is 0.0966 e. The van der Waals surface area contributed by atoms with E-state index in [0.717, 1.165) is 71.0 Å². The van der Waals surface area contributed by atoms with Crippen LogP contribution < -0.4 is 0 Å². The SMILES string of the molecule is CCc1cc(C)cc(CC)c1/N=C(\c1ccccc1)c1cccc(/C(=N/c2c(CC)cc(C)cc2CC)c2ccccc2)n1. The van der Waals surface area contributed by atoms with Crippen molar-refractivity contribution in [3.8, 4) is 0 Å². The predicted octanol–water partition coefficient (Wildman–Crippen LogP) is 10.3. The molecule has 0 aliphatic rings. The Balaban J connectivity index is 1.76. The monoisotopic (exact) mass is 577 g/mol. The highest BCUT2D eigenvalue weighted by Crippen LogP contribution is 2.31. The lowest BCUT2D eigenvalue weighted by Gasteiger charge is -2.16. The molecule has 4 aromatic carbocycles. The Kier molecular flexibility index (Phi) is 9.96. The standard InChI is InChI=1S/C41H43N3/c1-7-30-24-28(5)25-31(8-2)38(30)43-40(34-18-13-11-14-19-34)36-22-17-23-37(42-36)41(35-20-15-12-16-21-35)44-39-32(9-3)26-29(6)27-33(39)10-4/h11-27H,7-10H2,1-6H3/b43-40+,44-41+. The summed E-state index contributed by atoms with van der Waals surface area (Å²) in [5, 5.41) is 0. The van der Waals surface area contributed by atoms with Gasteiger partial charge >= 0.3 is 0 Å². The molecule has 0 aliphatic carbocycles. The Bertz CT molecular complexity index is 1620. The molecular formula is C41H43N3. The Labute approximate surface area is 263 Å². The maximum absolute atomic E-state index is 5.42. The zero-order valence-corrected chi connectivity index (χ0v) is 27.0. The highest BCUT2D eigenvalue weighted by Gasteiger charge is 2.17. The first-order chi connectivity index (χ1) is 21.4. The van der Waals surface area contributed by atoms with E-state index in [1.54, 1.807) is 0 Å². The first-order valence-corrected chi connectivity index (χ1v) is 16.0. The molecule has 222 valence electrons. The molecule has 0 aliphatic heterocycles. The van der Waals surface area contributed by atoms with Gasteiger partial charge in [-0.25, -0.2) is 15.0 Å². The molecule has 5 aromatic rings. The summed E-state index contributed by atoms with van der Waals surface area (Å²) in [7, 11) is 0. The second kappa shape index (κ2) is 14.2. The largest absolute Gasteiger partial charge is 0.246 e. The molecule has 5 rings (SSSR count). The molecule has 0 N–H and O–H groups in total. The van der Waals surface area contributed by atoms with Crippen LogP contribution in [0.25, 0.3) is 0 Å². The van der Waals surface area contributed by atoms with Gasteiger partial charge < -0.3 is 0 Å². The zero-order chi connectivity index (χ0) is 31.1. The van der Waals surface area contributed by atoms with Crippen LogP contribution in [0.15, 0.2) is 113 Å². The quantitative estimate of drug-likeness (QED) is 0.152. The molecule has 0 saturated heterocycles. The van der Waals surface area contributed by atoms with Crippen molar-refractivity contribution in [2.75, 3.05) is 0 Å². The lowest BCUT2D eigenvalue weighted by molar-refractivity contribution is 1.07. The van der Waals surface area contributed by atoms with Crippen LogP contribution >= 0.6 is 0 Å². The minimum Gasteiger partial charge on any atom is -0.246 e. The van der Waals surface area contributed by atoms with E-state index in [4.69, 9.17) is 15.0 Å². The van der Waals surface area contributed by atoms with Crippen molar-refractivity contribution in [3.05, 3.63) is 159 Å². The normalized spacial score (nSPS) is 12.0. The summed E-state index contributed by atoms with van der Waals surface area (Å²) in [6, 6.07) is 36.2. The summed E-state index contributed by atoms with van der Waals surface area (Å²) in [5.41, 5.74) is 15.2.